The topological polar surface area (TPSA) is 97.8 Å². The van der Waals surface area contributed by atoms with Gasteiger partial charge in [0.05, 0.1) is 21.4 Å². The van der Waals surface area contributed by atoms with Gasteiger partial charge in [-0.3, -0.25) is 4.79 Å². The number of likely N-dealkylation sites (tertiary alicyclic amines) is 1. The summed E-state index contributed by atoms with van der Waals surface area (Å²) in [6.45, 7) is -0.227. The van der Waals surface area contributed by atoms with E-state index in [0.29, 0.717) is 5.56 Å². The smallest absolute Gasteiger partial charge is 0.225 e. The van der Waals surface area contributed by atoms with Gasteiger partial charge in [0.2, 0.25) is 5.91 Å². The van der Waals surface area contributed by atoms with Gasteiger partial charge < -0.3 is 9.64 Å². The van der Waals surface area contributed by atoms with Crippen molar-refractivity contribution in [3.8, 4) is 5.75 Å². The number of nitrogens with zero attached hydrogens (tertiary/aromatic N) is 1. The Balaban J connectivity index is 1.43. The maximum absolute atomic E-state index is 14.2. The Bertz CT molecular complexity index is 1650. The summed E-state index contributed by atoms with van der Waals surface area (Å²) >= 11 is 5.89. The van der Waals surface area contributed by atoms with Crippen molar-refractivity contribution in [2.75, 3.05) is 24.6 Å². The van der Waals surface area contributed by atoms with Crippen LogP contribution in [0.4, 0.5) is 8.78 Å². The predicted octanol–water partition coefficient (Wildman–Crippen LogP) is 4.92. The number of hydrogen-bond donors (Lipinski definition) is 0. The molecule has 1 unspecified atom stereocenters. The highest BCUT2D eigenvalue weighted by Gasteiger charge is 2.52. The second-order valence-electron chi connectivity index (χ2n) is 10.4. The number of benzene rings is 3. The molecular weight excluding hydrogens is 596 g/mol. The van der Waals surface area contributed by atoms with Crippen molar-refractivity contribution < 1.29 is 35.1 Å². The Hall–Kier alpha value is -3.02. The number of rotatable bonds is 7. The standard InChI is InChI=1S/C29H28ClF2NO6S2/c30-27-24(25(31)10-11-26(27)32)18-39-22-8-6-21(7-9-22)29(41(37,38)23-4-2-1-3-5-23)14-15-33(19-29)28(34)20-12-16-40(35,36)17-13-20/h1-11,20H,12-19H2. The molecule has 2 aliphatic heterocycles. The van der Waals surface area contributed by atoms with E-state index in [1.807, 2.05) is 0 Å². The van der Waals surface area contributed by atoms with Crippen molar-refractivity contribution in [3.05, 3.63) is 94.5 Å². The lowest BCUT2D eigenvalue weighted by Gasteiger charge is -2.31. The van der Waals surface area contributed by atoms with Crippen LogP contribution in [0, 0.1) is 17.6 Å². The van der Waals surface area contributed by atoms with Crippen molar-refractivity contribution in [2.24, 2.45) is 5.92 Å². The molecule has 3 aromatic rings. The molecule has 2 heterocycles. The average Bonchev–Trinajstić information content (AvgIpc) is 3.43. The molecule has 0 saturated carbocycles. The van der Waals surface area contributed by atoms with Crippen LogP contribution in [-0.2, 0) is 35.8 Å². The van der Waals surface area contributed by atoms with Crippen LogP contribution in [0.1, 0.15) is 30.4 Å². The van der Waals surface area contributed by atoms with Crippen LogP contribution < -0.4 is 4.74 Å². The average molecular weight is 624 g/mol. The maximum atomic E-state index is 14.2. The van der Waals surface area contributed by atoms with E-state index in [1.165, 1.54) is 17.0 Å². The first kappa shape index (κ1) is 29.5. The summed E-state index contributed by atoms with van der Waals surface area (Å²) in [6, 6.07) is 16.2. The molecule has 0 aliphatic carbocycles. The Morgan fingerprint density at radius 2 is 1.61 bits per heavy atom. The number of carbonyl (C=O) groups excluding carboxylic acids is 1. The Morgan fingerprint density at radius 3 is 2.27 bits per heavy atom. The summed E-state index contributed by atoms with van der Waals surface area (Å²) in [4.78, 5) is 15.0. The van der Waals surface area contributed by atoms with E-state index >= 15 is 0 Å². The fourth-order valence-corrected chi connectivity index (χ4v) is 9.31. The van der Waals surface area contributed by atoms with Crippen molar-refractivity contribution >= 4 is 37.2 Å². The third kappa shape index (κ3) is 5.72. The molecule has 2 fully saturated rings. The highest BCUT2D eigenvalue weighted by Crippen LogP contribution is 2.44. The quantitative estimate of drug-likeness (QED) is 0.347. The third-order valence-corrected chi connectivity index (χ3v) is 12.5. The van der Waals surface area contributed by atoms with Crippen molar-refractivity contribution in [3.63, 3.8) is 0 Å². The molecule has 7 nitrogen and oxygen atoms in total. The Morgan fingerprint density at radius 1 is 0.976 bits per heavy atom. The third-order valence-electron chi connectivity index (χ3n) is 7.92. The minimum Gasteiger partial charge on any atom is -0.489 e. The monoisotopic (exact) mass is 623 g/mol. The van der Waals surface area contributed by atoms with Gasteiger partial charge in [-0.25, -0.2) is 25.6 Å². The first-order valence-electron chi connectivity index (χ1n) is 13.1. The number of hydrogen-bond acceptors (Lipinski definition) is 6. The number of sulfone groups is 2. The molecule has 2 saturated heterocycles. The molecule has 0 spiro atoms. The lowest BCUT2D eigenvalue weighted by atomic mass is 9.97. The Labute approximate surface area is 242 Å². The zero-order chi connectivity index (χ0) is 29.4. The number of amides is 1. The highest BCUT2D eigenvalue weighted by molar-refractivity contribution is 7.92. The normalized spacial score (nSPS) is 21.1. The van der Waals surface area contributed by atoms with Crippen LogP contribution in [0.15, 0.2) is 71.6 Å². The van der Waals surface area contributed by atoms with Gasteiger partial charge in [0, 0.05) is 24.6 Å². The molecule has 0 aromatic heterocycles. The lowest BCUT2D eigenvalue weighted by Crippen LogP contribution is -2.43. The molecule has 0 bridgehead atoms. The first-order chi connectivity index (χ1) is 19.4. The van der Waals surface area contributed by atoms with Crippen LogP contribution in [0.25, 0.3) is 0 Å². The number of halogens is 3. The maximum Gasteiger partial charge on any atom is 0.225 e. The SMILES string of the molecule is O=C(C1CCS(=O)(=O)CC1)N1CCC(c2ccc(OCc3c(F)ccc(F)c3Cl)cc2)(S(=O)(=O)c2ccccc2)C1. The van der Waals surface area contributed by atoms with Crippen LogP contribution in [-0.4, -0.2) is 52.2 Å². The van der Waals surface area contributed by atoms with Crippen molar-refractivity contribution in [1.29, 1.82) is 0 Å². The summed E-state index contributed by atoms with van der Waals surface area (Å²) in [6.07, 6.45) is 0.585. The van der Waals surface area contributed by atoms with E-state index in [4.69, 9.17) is 16.3 Å². The first-order valence-corrected chi connectivity index (χ1v) is 16.8. The zero-order valence-corrected chi connectivity index (χ0v) is 24.3. The zero-order valence-electron chi connectivity index (χ0n) is 21.9. The van der Waals surface area contributed by atoms with Gasteiger partial charge in [0.15, 0.2) is 9.84 Å². The van der Waals surface area contributed by atoms with Crippen molar-refractivity contribution in [2.45, 2.75) is 35.5 Å². The van der Waals surface area contributed by atoms with E-state index in [9.17, 15) is 30.4 Å². The van der Waals surface area contributed by atoms with Crippen LogP contribution >= 0.6 is 11.6 Å². The largest absolute Gasteiger partial charge is 0.489 e. The summed E-state index contributed by atoms with van der Waals surface area (Å²) in [5.41, 5.74) is 0.310. The molecule has 12 heteroatoms. The number of carbonyl (C=O) groups is 1. The van der Waals surface area contributed by atoms with E-state index in [-0.39, 0.29) is 77.6 Å². The van der Waals surface area contributed by atoms with Gasteiger partial charge in [-0.15, -0.1) is 0 Å². The van der Waals surface area contributed by atoms with E-state index < -0.39 is 42.0 Å². The fourth-order valence-electron chi connectivity index (χ4n) is 5.51. The molecule has 41 heavy (non-hydrogen) atoms. The molecule has 1 atom stereocenters. The van der Waals surface area contributed by atoms with Gasteiger partial charge in [-0.1, -0.05) is 41.9 Å². The van der Waals surface area contributed by atoms with Gasteiger partial charge in [0.25, 0.3) is 0 Å². The van der Waals surface area contributed by atoms with Gasteiger partial charge >= 0.3 is 0 Å². The van der Waals surface area contributed by atoms with Crippen LogP contribution in [0.2, 0.25) is 5.02 Å². The minimum atomic E-state index is -3.99. The summed E-state index contributed by atoms with van der Waals surface area (Å²) in [5, 5.41) is -0.374. The van der Waals surface area contributed by atoms with Crippen molar-refractivity contribution in [1.82, 2.24) is 4.90 Å². The van der Waals surface area contributed by atoms with Gasteiger partial charge in [0.1, 0.15) is 38.6 Å². The summed E-state index contributed by atoms with van der Waals surface area (Å²) in [7, 11) is -7.15. The van der Waals surface area contributed by atoms with Crippen LogP contribution in [0.5, 0.6) is 5.75 Å². The molecule has 5 rings (SSSR count). The molecule has 2 aliphatic rings. The van der Waals surface area contributed by atoms with Gasteiger partial charge in [-0.05, 0) is 61.2 Å². The Kier molecular flexibility index (Phi) is 8.15. The molecular formula is C29H28ClF2NO6S2. The predicted molar refractivity (Wildman–Crippen MR) is 150 cm³/mol. The molecule has 1 amide bonds. The second-order valence-corrected chi connectivity index (χ2v) is 15.3. The molecule has 0 N–H and O–H groups in total. The summed E-state index contributed by atoms with van der Waals surface area (Å²) < 4.78 is 84.1. The number of ether oxygens (including phenoxy) is 1. The van der Waals surface area contributed by atoms with Gasteiger partial charge in [-0.2, -0.15) is 0 Å². The minimum absolute atomic E-state index is 0.0586. The fraction of sp³-hybridized carbons (Fsp3) is 0.345. The molecule has 218 valence electrons. The lowest BCUT2D eigenvalue weighted by molar-refractivity contribution is -0.134. The van der Waals surface area contributed by atoms with E-state index in [0.717, 1.165) is 12.1 Å². The van der Waals surface area contributed by atoms with E-state index in [2.05, 4.69) is 0 Å². The van der Waals surface area contributed by atoms with Crippen LogP contribution in [0.3, 0.4) is 0 Å². The molecule has 3 aromatic carbocycles. The summed E-state index contributed by atoms with van der Waals surface area (Å²) in [5.74, 6) is -2.03. The van der Waals surface area contributed by atoms with E-state index in [1.54, 1.807) is 42.5 Å². The highest BCUT2D eigenvalue weighted by atomic mass is 35.5. The molecule has 0 radical (unpaired) electrons. The second kappa shape index (κ2) is 11.3.